The molecule has 0 unspecified atom stereocenters. The number of nitrogens with one attached hydrogen (secondary N) is 1. The molecule has 0 bridgehead atoms. The number of nitrogens with zero attached hydrogens (tertiary/aromatic N) is 2. The van der Waals surface area contributed by atoms with Crippen molar-refractivity contribution >= 4 is 40.6 Å². The maximum absolute atomic E-state index is 13.1. The first kappa shape index (κ1) is 27.8. The number of benzene rings is 3. The van der Waals surface area contributed by atoms with Crippen molar-refractivity contribution in [3.05, 3.63) is 112 Å². The monoisotopic (exact) mass is 567 g/mol. The lowest BCUT2D eigenvalue weighted by Gasteiger charge is -2.12. The molecule has 5 rings (SSSR count). The highest BCUT2D eigenvalue weighted by molar-refractivity contribution is 8.18. The van der Waals surface area contributed by atoms with Crippen LogP contribution in [0.5, 0.6) is 11.5 Å². The predicted molar refractivity (Wildman–Crippen MR) is 160 cm³/mol. The number of anilines is 1. The minimum absolute atomic E-state index is 0.275. The number of carbonyl (C=O) groups excluding carboxylic acids is 3. The molecule has 1 aliphatic rings. The number of hydrogen-bond donors (Lipinski definition) is 1. The van der Waals surface area contributed by atoms with Crippen LogP contribution in [0.25, 0.3) is 11.8 Å². The highest BCUT2D eigenvalue weighted by Gasteiger charge is 2.36. The number of methoxy groups -OCH3 is 1. The summed E-state index contributed by atoms with van der Waals surface area (Å²) in [5.41, 5.74) is 5.31. The minimum Gasteiger partial charge on any atom is -0.497 e. The summed E-state index contributed by atoms with van der Waals surface area (Å²) in [6.07, 6.45) is 1.71. The molecule has 1 aliphatic heterocycles. The Morgan fingerprint density at radius 2 is 1.61 bits per heavy atom. The Labute approximate surface area is 242 Å². The Bertz CT molecular complexity index is 1610. The molecule has 9 heteroatoms. The first-order valence-corrected chi connectivity index (χ1v) is 13.8. The Hall–Kier alpha value is -4.76. The first-order valence-electron chi connectivity index (χ1n) is 13.0. The molecule has 0 saturated carbocycles. The van der Waals surface area contributed by atoms with Crippen LogP contribution in [0.3, 0.4) is 0 Å². The smallest absolute Gasteiger partial charge is 0.294 e. The third-order valence-electron chi connectivity index (χ3n) is 6.65. The number of carbonyl (C=O) groups is 3. The quantitative estimate of drug-likeness (QED) is 0.237. The molecule has 0 atom stereocenters. The summed E-state index contributed by atoms with van der Waals surface area (Å²) < 4.78 is 13.1. The van der Waals surface area contributed by atoms with Crippen molar-refractivity contribution in [1.82, 2.24) is 9.47 Å². The van der Waals surface area contributed by atoms with Gasteiger partial charge >= 0.3 is 0 Å². The Balaban J connectivity index is 1.26. The highest BCUT2D eigenvalue weighted by Crippen LogP contribution is 2.34. The number of aromatic nitrogens is 1. The topological polar surface area (TPSA) is 89.9 Å². The molecule has 3 aromatic carbocycles. The van der Waals surface area contributed by atoms with E-state index in [0.717, 1.165) is 50.6 Å². The second kappa shape index (κ2) is 12.2. The van der Waals surface area contributed by atoms with E-state index < -0.39 is 17.1 Å². The molecular weight excluding hydrogens is 538 g/mol. The molecule has 0 aliphatic carbocycles. The van der Waals surface area contributed by atoms with Gasteiger partial charge in [-0.2, -0.15) is 0 Å². The van der Waals surface area contributed by atoms with Crippen molar-refractivity contribution in [2.75, 3.05) is 19.0 Å². The summed E-state index contributed by atoms with van der Waals surface area (Å²) in [6.45, 7) is 4.07. The second-order valence-electron chi connectivity index (χ2n) is 9.47. The fourth-order valence-electron chi connectivity index (χ4n) is 4.56. The fourth-order valence-corrected chi connectivity index (χ4v) is 5.39. The molecule has 1 N–H and O–H groups in total. The molecular formula is C32H29N3O5S. The average molecular weight is 568 g/mol. The van der Waals surface area contributed by atoms with Gasteiger partial charge in [-0.05, 0) is 97.4 Å². The van der Waals surface area contributed by atoms with Crippen LogP contribution in [-0.4, -0.2) is 40.2 Å². The van der Waals surface area contributed by atoms with Gasteiger partial charge in [-0.15, -0.1) is 0 Å². The zero-order chi connectivity index (χ0) is 28.9. The van der Waals surface area contributed by atoms with Crippen LogP contribution in [0, 0.1) is 13.8 Å². The number of aryl methyl sites for hydroxylation is 1. The normalized spacial score (nSPS) is 14.0. The largest absolute Gasteiger partial charge is 0.497 e. The number of imide groups is 1. The summed E-state index contributed by atoms with van der Waals surface area (Å²) in [7, 11) is 1.56. The lowest BCUT2D eigenvalue weighted by Crippen LogP contribution is -2.36. The van der Waals surface area contributed by atoms with E-state index in [1.807, 2.05) is 74.5 Å². The van der Waals surface area contributed by atoms with E-state index in [1.165, 1.54) is 0 Å². The van der Waals surface area contributed by atoms with E-state index in [2.05, 4.69) is 9.88 Å². The van der Waals surface area contributed by atoms with Gasteiger partial charge in [-0.3, -0.25) is 19.3 Å². The van der Waals surface area contributed by atoms with Crippen molar-refractivity contribution in [2.45, 2.75) is 20.5 Å². The molecule has 41 heavy (non-hydrogen) atoms. The van der Waals surface area contributed by atoms with Gasteiger partial charge in [0.15, 0.2) is 0 Å². The zero-order valence-electron chi connectivity index (χ0n) is 22.9. The summed E-state index contributed by atoms with van der Waals surface area (Å²) in [5, 5.41) is 2.22. The number of rotatable bonds is 9. The van der Waals surface area contributed by atoms with Gasteiger partial charge in [0, 0.05) is 22.8 Å². The molecule has 208 valence electrons. The summed E-state index contributed by atoms with van der Waals surface area (Å²) in [4.78, 5) is 39.5. The van der Waals surface area contributed by atoms with Gasteiger partial charge in [-0.25, -0.2) is 0 Å². The highest BCUT2D eigenvalue weighted by atomic mass is 32.2. The van der Waals surface area contributed by atoms with E-state index in [1.54, 1.807) is 37.5 Å². The maximum Gasteiger partial charge on any atom is 0.294 e. The maximum atomic E-state index is 13.1. The third kappa shape index (κ3) is 6.36. The van der Waals surface area contributed by atoms with Gasteiger partial charge in [0.2, 0.25) is 5.91 Å². The Morgan fingerprint density at radius 3 is 2.29 bits per heavy atom. The van der Waals surface area contributed by atoms with Gasteiger partial charge in [0.05, 0.1) is 12.0 Å². The van der Waals surface area contributed by atoms with Crippen LogP contribution in [0.15, 0.2) is 89.8 Å². The predicted octanol–water partition coefficient (Wildman–Crippen LogP) is 6.36. The van der Waals surface area contributed by atoms with Crippen molar-refractivity contribution in [3.63, 3.8) is 0 Å². The summed E-state index contributed by atoms with van der Waals surface area (Å²) in [6, 6.07) is 26.6. The van der Waals surface area contributed by atoms with Crippen molar-refractivity contribution in [2.24, 2.45) is 0 Å². The minimum atomic E-state index is -0.491. The van der Waals surface area contributed by atoms with E-state index in [0.29, 0.717) is 18.0 Å². The number of thioether (sulfide) groups is 1. The van der Waals surface area contributed by atoms with Gasteiger partial charge in [0.1, 0.15) is 24.7 Å². The molecule has 2 heterocycles. The number of hydrogen-bond acceptors (Lipinski definition) is 6. The molecule has 8 nitrogen and oxygen atoms in total. The van der Waals surface area contributed by atoms with Crippen molar-refractivity contribution in [1.29, 1.82) is 0 Å². The molecule has 0 radical (unpaired) electrons. The molecule has 1 saturated heterocycles. The van der Waals surface area contributed by atoms with Crippen LogP contribution in [0.2, 0.25) is 0 Å². The SMILES string of the molecule is COc1ccc(NC(=O)CN2C(=O)S/C(=C/c3cc(C)n(-c4ccc(OCc5ccccc5)cc4)c3C)C2=O)cc1. The number of ether oxygens (including phenoxy) is 2. The van der Waals surface area contributed by atoms with Crippen LogP contribution >= 0.6 is 11.8 Å². The molecule has 0 spiro atoms. The van der Waals surface area contributed by atoms with Crippen LogP contribution in [0.1, 0.15) is 22.5 Å². The fraction of sp³-hybridized carbons (Fsp3) is 0.156. The average Bonchev–Trinajstić information content (AvgIpc) is 3.41. The Morgan fingerprint density at radius 1 is 0.927 bits per heavy atom. The zero-order valence-corrected chi connectivity index (χ0v) is 23.7. The molecule has 1 aromatic heterocycles. The molecule has 4 aromatic rings. The van der Waals surface area contributed by atoms with Gasteiger partial charge in [0.25, 0.3) is 11.1 Å². The van der Waals surface area contributed by atoms with Crippen molar-refractivity contribution in [3.8, 4) is 17.2 Å². The first-order chi connectivity index (χ1) is 19.8. The van der Waals surface area contributed by atoms with E-state index in [-0.39, 0.29) is 11.4 Å². The second-order valence-corrected chi connectivity index (χ2v) is 10.5. The lowest BCUT2D eigenvalue weighted by atomic mass is 10.2. The van der Waals surface area contributed by atoms with Crippen LogP contribution in [-0.2, 0) is 16.2 Å². The summed E-state index contributed by atoms with van der Waals surface area (Å²) in [5.74, 6) is 0.469. The molecule has 1 fully saturated rings. The van der Waals surface area contributed by atoms with Gasteiger partial charge < -0.3 is 19.4 Å². The molecule has 3 amide bonds. The van der Waals surface area contributed by atoms with E-state index in [9.17, 15) is 14.4 Å². The van der Waals surface area contributed by atoms with Gasteiger partial charge in [-0.1, -0.05) is 30.3 Å². The van der Waals surface area contributed by atoms with E-state index in [4.69, 9.17) is 9.47 Å². The summed E-state index contributed by atoms with van der Waals surface area (Å²) >= 11 is 0.831. The van der Waals surface area contributed by atoms with Crippen molar-refractivity contribution < 1.29 is 23.9 Å². The lowest BCUT2D eigenvalue weighted by molar-refractivity contribution is -0.127. The standard InChI is InChI=1S/C32H29N3O5S/c1-21-17-24(22(2)35(21)26-11-15-28(16-12-26)40-20-23-7-5-4-6-8-23)18-29-31(37)34(32(38)41-29)19-30(36)33-25-9-13-27(39-3)14-10-25/h4-18H,19-20H2,1-3H3,(H,33,36)/b29-18+. The van der Waals surface area contributed by atoms with Crippen LogP contribution in [0.4, 0.5) is 10.5 Å². The Kier molecular flexibility index (Phi) is 8.26. The number of amides is 3. The third-order valence-corrected chi connectivity index (χ3v) is 7.56. The van der Waals surface area contributed by atoms with E-state index >= 15 is 0 Å². The van der Waals surface area contributed by atoms with Crippen LogP contribution < -0.4 is 14.8 Å².